The average Bonchev–Trinajstić information content (AvgIpc) is 3.42. The van der Waals surface area contributed by atoms with Gasteiger partial charge in [-0.15, -0.1) is 16.4 Å². The van der Waals surface area contributed by atoms with Crippen LogP contribution in [0.25, 0.3) is 23.2 Å². The van der Waals surface area contributed by atoms with Crippen molar-refractivity contribution < 1.29 is 0 Å². The first-order valence-electron chi connectivity index (χ1n) is 9.16. The highest BCUT2D eigenvalue weighted by Gasteiger charge is 2.09. The largest absolute Gasteiger partial charge is 0.372 e. The minimum Gasteiger partial charge on any atom is -0.372 e. The van der Waals surface area contributed by atoms with Crippen LogP contribution in [0, 0.1) is 0 Å². The highest BCUT2D eigenvalue weighted by Crippen LogP contribution is 2.16. The van der Waals surface area contributed by atoms with Crippen LogP contribution in [-0.2, 0) is 0 Å². The number of aromatic nitrogens is 3. The van der Waals surface area contributed by atoms with Gasteiger partial charge in [-0.25, -0.2) is 0 Å². The molecule has 3 aromatic heterocycles. The molecule has 0 aliphatic rings. The van der Waals surface area contributed by atoms with E-state index in [1.807, 2.05) is 47.9 Å². The molecule has 0 saturated heterocycles. The molecule has 0 fully saturated rings. The highest BCUT2D eigenvalue weighted by molar-refractivity contribution is 7.15. The standard InChI is InChI=1S/C21H20N4OS2/c1-3-24(4-2)16-9-7-15(8-10-16)14-18-20(26)25-21(28-18)22-19(23-25)12-11-17-6-5-13-27-17/h5-14H,3-4H2,1-2H3. The molecule has 4 rings (SSSR count). The SMILES string of the molecule is CCN(CC)c1ccc(C=c2sc3nc(C=Cc4cccs4)nn3c2=O)cc1. The summed E-state index contributed by atoms with van der Waals surface area (Å²) < 4.78 is 2.02. The normalized spacial score (nSPS) is 12.4. The first kappa shape index (κ1) is 18.6. The van der Waals surface area contributed by atoms with E-state index in [-0.39, 0.29) is 5.56 Å². The monoisotopic (exact) mass is 408 g/mol. The third-order valence-electron chi connectivity index (χ3n) is 4.46. The second kappa shape index (κ2) is 8.08. The van der Waals surface area contributed by atoms with Gasteiger partial charge < -0.3 is 4.90 Å². The van der Waals surface area contributed by atoms with Crippen LogP contribution < -0.4 is 15.0 Å². The average molecular weight is 409 g/mol. The fraction of sp³-hybridized carbons (Fsp3) is 0.190. The van der Waals surface area contributed by atoms with Crippen LogP contribution in [0.3, 0.4) is 0 Å². The summed E-state index contributed by atoms with van der Waals surface area (Å²) in [6.45, 7) is 6.24. The zero-order valence-corrected chi connectivity index (χ0v) is 17.3. The summed E-state index contributed by atoms with van der Waals surface area (Å²) in [5.41, 5.74) is 2.06. The third kappa shape index (κ3) is 3.76. The first-order chi connectivity index (χ1) is 13.7. The molecule has 0 atom stereocenters. The maximum absolute atomic E-state index is 12.7. The molecule has 0 aliphatic carbocycles. The number of thiazole rings is 1. The van der Waals surface area contributed by atoms with Crippen LogP contribution in [0.4, 0.5) is 5.69 Å². The Morgan fingerprint density at radius 1 is 1.11 bits per heavy atom. The lowest BCUT2D eigenvalue weighted by molar-refractivity contribution is 0.866. The highest BCUT2D eigenvalue weighted by atomic mass is 32.1. The quantitative estimate of drug-likeness (QED) is 0.487. The maximum atomic E-state index is 12.7. The molecule has 0 radical (unpaired) electrons. The minimum absolute atomic E-state index is 0.129. The molecule has 0 aliphatic heterocycles. The summed E-state index contributed by atoms with van der Waals surface area (Å²) >= 11 is 3.01. The lowest BCUT2D eigenvalue weighted by atomic mass is 10.2. The van der Waals surface area contributed by atoms with E-state index in [0.29, 0.717) is 15.3 Å². The van der Waals surface area contributed by atoms with Gasteiger partial charge in [0.15, 0.2) is 5.82 Å². The number of nitrogens with zero attached hydrogens (tertiary/aromatic N) is 4. The molecule has 0 unspecified atom stereocenters. The van der Waals surface area contributed by atoms with Gasteiger partial charge in [0.05, 0.1) is 4.53 Å². The molecule has 0 saturated carbocycles. The molecular weight excluding hydrogens is 388 g/mol. The number of anilines is 1. The third-order valence-corrected chi connectivity index (χ3v) is 6.25. The Morgan fingerprint density at radius 2 is 1.89 bits per heavy atom. The number of fused-ring (bicyclic) bond motifs is 1. The summed E-state index contributed by atoms with van der Waals surface area (Å²) in [6.07, 6.45) is 5.69. The molecule has 4 aromatic rings. The van der Waals surface area contributed by atoms with Crippen LogP contribution in [-0.4, -0.2) is 27.7 Å². The van der Waals surface area contributed by atoms with Crippen molar-refractivity contribution >= 4 is 51.5 Å². The van der Waals surface area contributed by atoms with E-state index in [0.717, 1.165) is 23.5 Å². The summed E-state index contributed by atoms with van der Waals surface area (Å²) in [5, 5.41) is 6.35. The van der Waals surface area contributed by atoms with Crippen molar-refractivity contribution in [3.8, 4) is 0 Å². The van der Waals surface area contributed by atoms with Gasteiger partial charge in [0.2, 0.25) is 4.96 Å². The molecule has 1 aromatic carbocycles. The summed E-state index contributed by atoms with van der Waals surface area (Å²) in [4.78, 5) is 21.1. The minimum atomic E-state index is -0.129. The first-order valence-corrected chi connectivity index (χ1v) is 10.9. The number of hydrogen-bond donors (Lipinski definition) is 0. The van der Waals surface area contributed by atoms with Crippen LogP contribution in [0.1, 0.15) is 30.1 Å². The molecule has 0 N–H and O–H groups in total. The van der Waals surface area contributed by atoms with Crippen molar-refractivity contribution in [2.45, 2.75) is 13.8 Å². The van der Waals surface area contributed by atoms with E-state index in [2.05, 4.69) is 41.0 Å². The van der Waals surface area contributed by atoms with Gasteiger partial charge in [-0.3, -0.25) is 4.79 Å². The second-order valence-corrected chi connectivity index (χ2v) is 8.18. The van der Waals surface area contributed by atoms with Crippen molar-refractivity contribution in [3.63, 3.8) is 0 Å². The van der Waals surface area contributed by atoms with Crippen molar-refractivity contribution in [3.05, 3.63) is 72.9 Å². The van der Waals surface area contributed by atoms with E-state index in [1.54, 1.807) is 11.3 Å². The number of rotatable bonds is 6. The number of hydrogen-bond acceptors (Lipinski definition) is 6. The van der Waals surface area contributed by atoms with E-state index in [1.165, 1.54) is 21.5 Å². The Kier molecular flexibility index (Phi) is 5.36. The number of benzene rings is 1. The molecule has 28 heavy (non-hydrogen) atoms. The van der Waals surface area contributed by atoms with Crippen LogP contribution in [0.5, 0.6) is 0 Å². The van der Waals surface area contributed by atoms with E-state index < -0.39 is 0 Å². The van der Waals surface area contributed by atoms with Gasteiger partial charge in [0.25, 0.3) is 5.56 Å². The van der Waals surface area contributed by atoms with Gasteiger partial charge in [0, 0.05) is 23.7 Å². The van der Waals surface area contributed by atoms with E-state index in [4.69, 9.17) is 0 Å². The van der Waals surface area contributed by atoms with Crippen molar-refractivity contribution in [1.29, 1.82) is 0 Å². The Balaban J connectivity index is 1.61. The number of thiophene rings is 1. The smallest absolute Gasteiger partial charge is 0.291 e. The van der Waals surface area contributed by atoms with Crippen LogP contribution in [0.2, 0.25) is 0 Å². The topological polar surface area (TPSA) is 50.5 Å². The summed E-state index contributed by atoms with van der Waals surface area (Å²) in [5.74, 6) is 0.548. The fourth-order valence-corrected chi connectivity index (χ4v) is 4.52. The van der Waals surface area contributed by atoms with Gasteiger partial charge in [-0.1, -0.05) is 29.5 Å². The molecule has 142 valence electrons. The molecular formula is C21H20N4OS2. The second-order valence-electron chi connectivity index (χ2n) is 6.19. The zero-order chi connectivity index (χ0) is 19.5. The fourth-order valence-electron chi connectivity index (χ4n) is 2.98. The van der Waals surface area contributed by atoms with Gasteiger partial charge in [-0.05, 0) is 61.2 Å². The lowest BCUT2D eigenvalue weighted by Gasteiger charge is -2.20. The van der Waals surface area contributed by atoms with Gasteiger partial charge >= 0.3 is 0 Å². The predicted molar refractivity (Wildman–Crippen MR) is 119 cm³/mol. The summed E-state index contributed by atoms with van der Waals surface area (Å²) in [6, 6.07) is 12.3. The Bertz CT molecular complexity index is 1200. The molecule has 0 amide bonds. The van der Waals surface area contributed by atoms with E-state index in [9.17, 15) is 4.79 Å². The maximum Gasteiger partial charge on any atom is 0.291 e. The van der Waals surface area contributed by atoms with Gasteiger partial charge in [0.1, 0.15) is 0 Å². The lowest BCUT2D eigenvalue weighted by Crippen LogP contribution is -2.23. The van der Waals surface area contributed by atoms with Crippen molar-refractivity contribution in [2.75, 3.05) is 18.0 Å². The molecule has 5 nitrogen and oxygen atoms in total. The summed E-state index contributed by atoms with van der Waals surface area (Å²) in [7, 11) is 0. The zero-order valence-electron chi connectivity index (χ0n) is 15.7. The Hall–Kier alpha value is -2.77. The van der Waals surface area contributed by atoms with Crippen LogP contribution in [0.15, 0.2) is 46.6 Å². The Labute approximate surface area is 170 Å². The molecule has 0 spiro atoms. The van der Waals surface area contributed by atoms with Crippen LogP contribution >= 0.6 is 22.7 Å². The Morgan fingerprint density at radius 3 is 2.54 bits per heavy atom. The predicted octanol–water partition coefficient (Wildman–Crippen LogP) is 3.78. The van der Waals surface area contributed by atoms with Gasteiger partial charge in [-0.2, -0.15) is 9.50 Å². The van der Waals surface area contributed by atoms with Crippen molar-refractivity contribution in [1.82, 2.24) is 14.6 Å². The molecule has 0 bridgehead atoms. The molecule has 3 heterocycles. The van der Waals surface area contributed by atoms with Crippen molar-refractivity contribution in [2.24, 2.45) is 0 Å². The van der Waals surface area contributed by atoms with E-state index >= 15 is 0 Å². The molecule has 7 heteroatoms.